The average Bonchev–Trinajstić information content (AvgIpc) is 2.47. The molecule has 0 bridgehead atoms. The lowest BCUT2D eigenvalue weighted by Gasteiger charge is -2.04. The van der Waals surface area contributed by atoms with Gasteiger partial charge in [0, 0.05) is 0 Å². The highest BCUT2D eigenvalue weighted by Crippen LogP contribution is 2.24. The van der Waals surface area contributed by atoms with Crippen LogP contribution in [0.25, 0.3) is 22.4 Å². The maximum Gasteiger partial charge on any atom is 0.284 e. The maximum absolute atomic E-state index is 13.7. The molecule has 0 atom stereocenters. The fourth-order valence-electron chi connectivity index (χ4n) is 1.92. The molecule has 20 heavy (non-hydrogen) atoms. The van der Waals surface area contributed by atoms with Crippen molar-refractivity contribution >= 4 is 11.0 Å². The summed E-state index contributed by atoms with van der Waals surface area (Å²) in [6, 6.07) is 10.8. The minimum Gasteiger partial charge on any atom is -0.497 e. The number of aromatic nitrogens is 1. The number of rotatable bonds is 2. The highest BCUT2D eigenvalue weighted by atomic mass is 19.1. The summed E-state index contributed by atoms with van der Waals surface area (Å²) in [4.78, 5) is 15.8. The minimum absolute atomic E-state index is 0.0363. The van der Waals surface area contributed by atoms with Crippen LogP contribution in [-0.4, -0.2) is 12.1 Å². The van der Waals surface area contributed by atoms with E-state index in [1.165, 1.54) is 19.2 Å². The second-order valence-corrected chi connectivity index (χ2v) is 4.17. The summed E-state index contributed by atoms with van der Waals surface area (Å²) in [5, 5.41) is 0.296. The summed E-state index contributed by atoms with van der Waals surface area (Å²) < 4.78 is 24.2. The predicted molar refractivity (Wildman–Crippen MR) is 72.2 cm³/mol. The zero-order chi connectivity index (χ0) is 14.1. The van der Waals surface area contributed by atoms with Gasteiger partial charge in [0.15, 0.2) is 0 Å². The number of ether oxygens (including phenoxy) is 1. The van der Waals surface area contributed by atoms with Crippen LogP contribution in [0.4, 0.5) is 4.39 Å². The standard InChI is InChI=1S/C15H10FNO3/c1-19-9-6-7-13-11(8-9)14(18)17-15(20-13)10-4-2-3-5-12(10)16/h2-8H,1H3. The van der Waals surface area contributed by atoms with Crippen molar-refractivity contribution in [2.75, 3.05) is 7.11 Å². The van der Waals surface area contributed by atoms with Gasteiger partial charge in [0.1, 0.15) is 17.1 Å². The van der Waals surface area contributed by atoms with Gasteiger partial charge in [0.05, 0.1) is 18.1 Å². The van der Waals surface area contributed by atoms with Gasteiger partial charge in [-0.15, -0.1) is 0 Å². The molecule has 0 aliphatic heterocycles. The van der Waals surface area contributed by atoms with E-state index in [1.54, 1.807) is 30.3 Å². The quantitative estimate of drug-likeness (QED) is 0.719. The van der Waals surface area contributed by atoms with Gasteiger partial charge in [-0.05, 0) is 30.3 Å². The van der Waals surface area contributed by atoms with E-state index >= 15 is 0 Å². The molecule has 4 nitrogen and oxygen atoms in total. The maximum atomic E-state index is 13.7. The molecule has 0 fully saturated rings. The molecule has 0 N–H and O–H groups in total. The van der Waals surface area contributed by atoms with E-state index < -0.39 is 11.4 Å². The van der Waals surface area contributed by atoms with Crippen LogP contribution >= 0.6 is 0 Å². The Kier molecular flexibility index (Phi) is 2.95. The van der Waals surface area contributed by atoms with Crippen molar-refractivity contribution in [1.82, 2.24) is 4.98 Å². The molecule has 0 radical (unpaired) electrons. The van der Waals surface area contributed by atoms with Gasteiger partial charge >= 0.3 is 0 Å². The van der Waals surface area contributed by atoms with E-state index in [1.807, 2.05) is 0 Å². The van der Waals surface area contributed by atoms with Gasteiger partial charge in [-0.2, -0.15) is 4.98 Å². The molecule has 5 heteroatoms. The van der Waals surface area contributed by atoms with Crippen LogP contribution in [0.3, 0.4) is 0 Å². The molecule has 100 valence electrons. The molecular formula is C15H10FNO3. The Morgan fingerprint density at radius 1 is 1.20 bits per heavy atom. The van der Waals surface area contributed by atoms with Crippen LogP contribution in [0, 0.1) is 5.82 Å². The first-order chi connectivity index (χ1) is 9.69. The Labute approximate surface area is 113 Å². The van der Waals surface area contributed by atoms with Crippen molar-refractivity contribution in [3.63, 3.8) is 0 Å². The van der Waals surface area contributed by atoms with E-state index in [0.717, 1.165) is 0 Å². The lowest BCUT2D eigenvalue weighted by molar-refractivity contribution is 0.415. The van der Waals surface area contributed by atoms with Gasteiger partial charge in [-0.25, -0.2) is 4.39 Å². The number of methoxy groups -OCH3 is 1. The van der Waals surface area contributed by atoms with Gasteiger partial charge in [0.25, 0.3) is 5.56 Å². The first-order valence-electron chi connectivity index (χ1n) is 5.93. The summed E-state index contributed by atoms with van der Waals surface area (Å²) in [5.74, 6) is 0.00650. The fourth-order valence-corrected chi connectivity index (χ4v) is 1.92. The Morgan fingerprint density at radius 3 is 2.75 bits per heavy atom. The zero-order valence-corrected chi connectivity index (χ0v) is 10.6. The monoisotopic (exact) mass is 271 g/mol. The summed E-state index contributed by atoms with van der Waals surface area (Å²) in [7, 11) is 1.50. The lowest BCUT2D eigenvalue weighted by Crippen LogP contribution is -2.07. The van der Waals surface area contributed by atoms with Crippen LogP contribution < -0.4 is 10.3 Å². The zero-order valence-electron chi connectivity index (χ0n) is 10.6. The molecule has 0 saturated heterocycles. The third kappa shape index (κ3) is 2.03. The van der Waals surface area contributed by atoms with Gasteiger partial charge < -0.3 is 9.15 Å². The van der Waals surface area contributed by atoms with E-state index in [-0.39, 0.29) is 11.5 Å². The smallest absolute Gasteiger partial charge is 0.284 e. The van der Waals surface area contributed by atoms with Crippen LogP contribution in [0.1, 0.15) is 0 Å². The van der Waals surface area contributed by atoms with E-state index in [4.69, 9.17) is 9.15 Å². The molecule has 1 heterocycles. The van der Waals surface area contributed by atoms with Gasteiger partial charge in [0.2, 0.25) is 5.89 Å². The minimum atomic E-state index is -0.490. The van der Waals surface area contributed by atoms with Crippen molar-refractivity contribution in [2.45, 2.75) is 0 Å². The second kappa shape index (κ2) is 4.77. The summed E-state index contributed by atoms with van der Waals surface area (Å²) >= 11 is 0. The van der Waals surface area contributed by atoms with E-state index in [9.17, 15) is 9.18 Å². The van der Waals surface area contributed by atoms with Crippen LogP contribution in [0.15, 0.2) is 51.7 Å². The average molecular weight is 271 g/mol. The van der Waals surface area contributed by atoms with Crippen molar-refractivity contribution in [1.29, 1.82) is 0 Å². The molecule has 2 aromatic carbocycles. The highest BCUT2D eigenvalue weighted by Gasteiger charge is 2.12. The third-order valence-electron chi connectivity index (χ3n) is 2.93. The molecule has 0 amide bonds. The summed E-state index contributed by atoms with van der Waals surface area (Å²) in [5.41, 5.74) is 0.00905. The number of halogens is 1. The normalized spacial score (nSPS) is 10.7. The van der Waals surface area contributed by atoms with E-state index in [2.05, 4.69) is 4.98 Å². The predicted octanol–water partition coefficient (Wildman–Crippen LogP) is 3.00. The molecule has 1 aromatic heterocycles. The number of hydrogen-bond acceptors (Lipinski definition) is 4. The fraction of sp³-hybridized carbons (Fsp3) is 0.0667. The first-order valence-corrected chi connectivity index (χ1v) is 5.93. The Hall–Kier alpha value is -2.69. The Morgan fingerprint density at radius 2 is 2.00 bits per heavy atom. The first kappa shape index (κ1) is 12.3. The molecule has 0 unspecified atom stereocenters. The Balaban J connectivity index is 2.26. The van der Waals surface area contributed by atoms with Gasteiger partial charge in [-0.3, -0.25) is 4.79 Å². The van der Waals surface area contributed by atoms with Crippen molar-refractivity contribution < 1.29 is 13.5 Å². The molecule has 3 rings (SSSR count). The number of nitrogens with zero attached hydrogens (tertiary/aromatic N) is 1. The number of fused-ring (bicyclic) bond motifs is 1. The van der Waals surface area contributed by atoms with Crippen LogP contribution in [-0.2, 0) is 0 Å². The molecule has 0 aliphatic rings. The van der Waals surface area contributed by atoms with Crippen molar-refractivity contribution in [2.24, 2.45) is 0 Å². The van der Waals surface area contributed by atoms with Crippen LogP contribution in [0.5, 0.6) is 5.75 Å². The summed E-state index contributed by atoms with van der Waals surface area (Å²) in [6.45, 7) is 0. The van der Waals surface area contributed by atoms with Gasteiger partial charge in [-0.1, -0.05) is 12.1 Å². The summed E-state index contributed by atoms with van der Waals surface area (Å²) in [6.07, 6.45) is 0. The SMILES string of the molecule is COc1ccc2oc(-c3ccccc3F)nc(=O)c2c1. The molecule has 0 saturated carbocycles. The molecule has 0 aliphatic carbocycles. The highest BCUT2D eigenvalue weighted by molar-refractivity contribution is 5.78. The van der Waals surface area contributed by atoms with Crippen molar-refractivity contribution in [3.05, 3.63) is 58.6 Å². The molecule has 0 spiro atoms. The second-order valence-electron chi connectivity index (χ2n) is 4.17. The number of benzene rings is 2. The van der Waals surface area contributed by atoms with E-state index in [0.29, 0.717) is 16.7 Å². The molecular weight excluding hydrogens is 261 g/mol. The Bertz CT molecular complexity index is 842. The largest absolute Gasteiger partial charge is 0.497 e. The number of hydrogen-bond donors (Lipinski definition) is 0. The third-order valence-corrected chi connectivity index (χ3v) is 2.93. The van der Waals surface area contributed by atoms with Crippen molar-refractivity contribution in [3.8, 4) is 17.2 Å². The van der Waals surface area contributed by atoms with Crippen LogP contribution in [0.2, 0.25) is 0 Å². The molecule has 3 aromatic rings. The topological polar surface area (TPSA) is 52.3 Å². The lowest BCUT2D eigenvalue weighted by atomic mass is 10.2.